The van der Waals surface area contributed by atoms with Crippen LogP contribution in [0.15, 0.2) is 48.5 Å². The third kappa shape index (κ3) is 13.0. The average Bonchev–Trinajstić information content (AvgIpc) is 2.33. The zero-order chi connectivity index (χ0) is 12.9. The van der Waals surface area contributed by atoms with Crippen LogP contribution in [0.2, 0.25) is 0 Å². The molecule has 88 valence electrons. The molecule has 2 aromatic carbocycles. The molecule has 0 saturated heterocycles. The van der Waals surface area contributed by atoms with Crippen molar-refractivity contribution < 1.29 is 14.9 Å². The molecule has 0 atom stereocenters. The van der Waals surface area contributed by atoms with Gasteiger partial charge in [0.05, 0.1) is 0 Å². The normalized spacial score (nSPS) is 7.76. The third-order valence-corrected chi connectivity index (χ3v) is 1.77. The third-order valence-electron chi connectivity index (χ3n) is 1.77. The summed E-state index contributed by atoms with van der Waals surface area (Å²) in [4.78, 5) is 0. The van der Waals surface area contributed by atoms with Gasteiger partial charge in [0, 0.05) is 0 Å². The molecule has 0 heterocycles. The van der Waals surface area contributed by atoms with Crippen LogP contribution in [0.1, 0.15) is 11.1 Å². The molecular weight excluding hydrogens is 513 g/mol. The summed E-state index contributed by atoms with van der Waals surface area (Å²) in [6, 6.07) is 21.6. The summed E-state index contributed by atoms with van der Waals surface area (Å²) >= 11 is 5.06. The zero-order valence-corrected chi connectivity index (χ0v) is 16.6. The fourth-order valence-electron chi connectivity index (χ4n) is 0.940. The topological polar surface area (TPSA) is 0 Å². The number of halogens is 2. The van der Waals surface area contributed by atoms with Crippen molar-refractivity contribution in [2.75, 3.05) is 0 Å². The summed E-state index contributed by atoms with van der Waals surface area (Å²) in [7, 11) is 0. The summed E-state index contributed by atoms with van der Waals surface area (Å²) < 4.78 is 0. The van der Waals surface area contributed by atoms with E-state index < -0.39 is 0 Å². The molecule has 0 unspecified atom stereocenters. The summed E-state index contributed by atoms with van der Waals surface area (Å²) in [5.74, 6) is 0. The Bertz CT molecular complexity index is 325. The van der Waals surface area contributed by atoms with Crippen LogP contribution in [0.25, 0.3) is 0 Å². The first-order valence-electron chi connectivity index (χ1n) is 5.02. The first-order valence-corrected chi connectivity index (χ1v) is 19.6. The first-order chi connectivity index (χ1) is 8.20. The van der Waals surface area contributed by atoms with Crippen molar-refractivity contribution in [2.24, 2.45) is 0 Å². The standard InChI is InChI=1S/2C7H7.2HI.Zr/c2*1-7-5-3-2-4-6-7;;;/h2*3-6H,1H3;2*1H;/q2*-1;;;+4/p-2. The molecule has 0 fully saturated rings. The number of benzene rings is 2. The van der Waals surface area contributed by atoms with Gasteiger partial charge in [0.25, 0.3) is 0 Å². The fourth-order valence-corrected chi connectivity index (χ4v) is 0.940. The Morgan fingerprint density at radius 1 is 0.765 bits per heavy atom. The molecule has 0 aromatic heterocycles. The van der Waals surface area contributed by atoms with E-state index in [0.717, 1.165) is 0 Å². The minimum absolute atomic E-state index is 0.170. The predicted octanol–water partition coefficient (Wildman–Crippen LogP) is 5.36. The van der Waals surface area contributed by atoms with Gasteiger partial charge in [-0.3, -0.25) is 0 Å². The van der Waals surface area contributed by atoms with Crippen LogP contribution in [-0.2, 0) is 14.9 Å². The van der Waals surface area contributed by atoms with Gasteiger partial charge in [-0.25, -0.2) is 0 Å². The van der Waals surface area contributed by atoms with E-state index in [1.807, 2.05) is 48.5 Å². The minimum atomic E-state index is 0.170. The van der Waals surface area contributed by atoms with Crippen LogP contribution in [-0.4, -0.2) is 0 Å². The molecule has 0 aliphatic heterocycles. The Morgan fingerprint density at radius 3 is 1.12 bits per heavy atom. The second-order valence-corrected chi connectivity index (χ2v) is 22.2. The zero-order valence-electron chi connectivity index (χ0n) is 9.87. The molecule has 0 aliphatic rings. The van der Waals surface area contributed by atoms with Crippen LogP contribution >= 0.6 is 36.1 Å². The molecule has 0 saturated carbocycles. The van der Waals surface area contributed by atoms with Crippen molar-refractivity contribution in [1.29, 1.82) is 0 Å². The Balaban J connectivity index is 0.000000247. The molecule has 0 spiro atoms. The van der Waals surface area contributed by atoms with Gasteiger partial charge in [0.2, 0.25) is 0 Å². The fraction of sp³-hybridized carbons (Fsp3) is 0.143. The van der Waals surface area contributed by atoms with Crippen LogP contribution in [0.3, 0.4) is 0 Å². The average molecular weight is 527 g/mol. The Kier molecular flexibility index (Phi) is 13.8. The molecule has 0 aliphatic carbocycles. The maximum atomic E-state index is 2.93. The van der Waals surface area contributed by atoms with Gasteiger partial charge in [-0.05, 0) is 0 Å². The van der Waals surface area contributed by atoms with Gasteiger partial charge in [-0.2, -0.15) is 71.8 Å². The van der Waals surface area contributed by atoms with Crippen LogP contribution in [0, 0.1) is 26.0 Å². The maximum absolute atomic E-state index is 2.93. The van der Waals surface area contributed by atoms with Crippen molar-refractivity contribution in [3.05, 3.63) is 71.8 Å². The van der Waals surface area contributed by atoms with E-state index in [4.69, 9.17) is 0 Å². The molecule has 0 N–H and O–H groups in total. The van der Waals surface area contributed by atoms with Gasteiger partial charge in [-0.1, -0.05) is 13.8 Å². The van der Waals surface area contributed by atoms with E-state index in [2.05, 4.69) is 62.1 Å². The predicted molar refractivity (Wildman–Crippen MR) is 88.1 cm³/mol. The van der Waals surface area contributed by atoms with E-state index in [1.165, 1.54) is 11.1 Å². The number of hydrogen-bond donors (Lipinski definition) is 0. The Hall–Kier alpha value is 0.783. The van der Waals surface area contributed by atoms with Crippen LogP contribution < -0.4 is 0 Å². The van der Waals surface area contributed by atoms with Crippen molar-refractivity contribution in [2.45, 2.75) is 13.8 Å². The van der Waals surface area contributed by atoms with Gasteiger partial charge in [0.1, 0.15) is 0 Å². The summed E-state index contributed by atoms with van der Waals surface area (Å²) in [6.45, 7) is 4.13. The number of rotatable bonds is 0. The molecule has 0 bridgehead atoms. The van der Waals surface area contributed by atoms with E-state index in [-0.39, 0.29) is 14.9 Å². The summed E-state index contributed by atoms with van der Waals surface area (Å²) in [5, 5.41) is 0. The second-order valence-electron chi connectivity index (χ2n) is 3.23. The van der Waals surface area contributed by atoms with Crippen LogP contribution in [0.5, 0.6) is 0 Å². The van der Waals surface area contributed by atoms with Gasteiger partial charge in [-0.15, -0.1) is 0 Å². The molecule has 17 heavy (non-hydrogen) atoms. The molecule has 0 nitrogen and oxygen atoms in total. The molecule has 3 heteroatoms. The van der Waals surface area contributed by atoms with Crippen molar-refractivity contribution in [3.8, 4) is 0 Å². The quantitative estimate of drug-likeness (QED) is 0.320. The van der Waals surface area contributed by atoms with Crippen molar-refractivity contribution in [3.63, 3.8) is 0 Å². The molecule has 2 aromatic rings. The van der Waals surface area contributed by atoms with Crippen molar-refractivity contribution >= 4 is 36.1 Å². The summed E-state index contributed by atoms with van der Waals surface area (Å²) in [5.41, 5.74) is 2.58. The number of hydrogen-bond acceptors (Lipinski definition) is 0. The number of aryl methyl sites for hydroxylation is 2. The molecule has 2 rings (SSSR count). The molecule has 0 radical (unpaired) electrons. The monoisotopic (exact) mass is 526 g/mol. The Morgan fingerprint density at radius 2 is 1.00 bits per heavy atom. The summed E-state index contributed by atoms with van der Waals surface area (Å²) in [6.07, 6.45) is 0. The molecule has 0 amide bonds. The van der Waals surface area contributed by atoms with Crippen LogP contribution in [0.4, 0.5) is 0 Å². The first kappa shape index (κ1) is 17.8. The van der Waals surface area contributed by atoms with Crippen molar-refractivity contribution in [1.82, 2.24) is 0 Å². The van der Waals surface area contributed by atoms with E-state index in [1.54, 1.807) is 0 Å². The van der Waals surface area contributed by atoms with Gasteiger partial charge >= 0.3 is 50.9 Å². The second kappa shape index (κ2) is 13.2. The SMILES string of the molecule is Cc1cc[c-]cc1.Cc1cc[c-]cc1.[I][Zr+2][I]. The van der Waals surface area contributed by atoms with E-state index in [9.17, 15) is 0 Å². The Labute approximate surface area is 135 Å². The van der Waals surface area contributed by atoms with E-state index >= 15 is 0 Å². The van der Waals surface area contributed by atoms with Gasteiger partial charge in [0.15, 0.2) is 0 Å². The molecular formula is C14H14I2Zr. The van der Waals surface area contributed by atoms with Gasteiger partial charge < -0.3 is 0 Å². The van der Waals surface area contributed by atoms with E-state index in [0.29, 0.717) is 0 Å².